The van der Waals surface area contributed by atoms with Crippen molar-refractivity contribution in [3.63, 3.8) is 0 Å². The van der Waals surface area contributed by atoms with Crippen LogP contribution in [-0.2, 0) is 14.8 Å². The van der Waals surface area contributed by atoms with Gasteiger partial charge in [-0.1, -0.05) is 12.1 Å². The highest BCUT2D eigenvalue weighted by Gasteiger charge is 2.15. The van der Waals surface area contributed by atoms with E-state index in [0.717, 1.165) is 30.3 Å². The predicted molar refractivity (Wildman–Crippen MR) is 111 cm³/mol. The van der Waals surface area contributed by atoms with Crippen molar-refractivity contribution in [1.82, 2.24) is 5.32 Å². The fourth-order valence-electron chi connectivity index (χ4n) is 2.56. The quantitative estimate of drug-likeness (QED) is 0.520. The fraction of sp³-hybridized carbons (Fsp3) is 0.0476. The Morgan fingerprint density at radius 3 is 2.06 bits per heavy atom. The van der Waals surface area contributed by atoms with E-state index in [0.29, 0.717) is 5.69 Å². The van der Waals surface area contributed by atoms with Crippen molar-refractivity contribution in [3.05, 3.63) is 90.0 Å². The lowest BCUT2D eigenvalue weighted by atomic mass is 10.2. The van der Waals surface area contributed by atoms with Gasteiger partial charge >= 0.3 is 0 Å². The third-order valence-corrected chi connectivity index (χ3v) is 5.47. The standard InChI is InChI=1S/C21H17F2N3O4S/c22-14-5-11-17(12-6-14)31(29,30)26-16-9-7-15(8-10-16)25-20(27)13-24-21(28)18-3-1-2-4-19(18)23/h1-12,26H,13H2,(H,24,28)(H,25,27). The van der Waals surface area contributed by atoms with Crippen LogP contribution in [0.15, 0.2) is 77.7 Å². The van der Waals surface area contributed by atoms with Gasteiger partial charge < -0.3 is 10.6 Å². The number of sulfonamides is 1. The van der Waals surface area contributed by atoms with E-state index in [9.17, 15) is 26.8 Å². The van der Waals surface area contributed by atoms with Crippen molar-refractivity contribution >= 4 is 33.2 Å². The summed E-state index contributed by atoms with van der Waals surface area (Å²) in [4.78, 5) is 23.8. The van der Waals surface area contributed by atoms with E-state index in [2.05, 4.69) is 15.4 Å². The average Bonchev–Trinajstić information content (AvgIpc) is 2.74. The molecule has 0 aliphatic rings. The van der Waals surface area contributed by atoms with E-state index >= 15 is 0 Å². The largest absolute Gasteiger partial charge is 0.343 e. The molecule has 0 saturated heterocycles. The zero-order chi connectivity index (χ0) is 22.4. The van der Waals surface area contributed by atoms with Gasteiger partial charge in [0, 0.05) is 11.4 Å². The number of hydrogen-bond donors (Lipinski definition) is 3. The van der Waals surface area contributed by atoms with Gasteiger partial charge in [0.25, 0.3) is 15.9 Å². The average molecular weight is 445 g/mol. The first-order valence-corrected chi connectivity index (χ1v) is 10.4. The molecule has 0 aliphatic heterocycles. The summed E-state index contributed by atoms with van der Waals surface area (Å²) in [6.45, 7) is -0.383. The van der Waals surface area contributed by atoms with Crippen LogP contribution in [0.4, 0.5) is 20.2 Å². The molecule has 0 aromatic heterocycles. The summed E-state index contributed by atoms with van der Waals surface area (Å²) in [5, 5.41) is 4.84. The van der Waals surface area contributed by atoms with Crippen molar-refractivity contribution in [2.75, 3.05) is 16.6 Å². The van der Waals surface area contributed by atoms with Gasteiger partial charge in [-0.05, 0) is 60.7 Å². The van der Waals surface area contributed by atoms with Crippen molar-refractivity contribution in [1.29, 1.82) is 0 Å². The van der Waals surface area contributed by atoms with Gasteiger partial charge in [-0.15, -0.1) is 0 Å². The molecule has 0 aliphatic carbocycles. The first kappa shape index (κ1) is 21.9. The van der Waals surface area contributed by atoms with Gasteiger partial charge in [-0.2, -0.15) is 0 Å². The molecule has 3 rings (SSSR count). The SMILES string of the molecule is O=C(CNC(=O)c1ccccc1F)Nc1ccc(NS(=O)(=O)c2ccc(F)cc2)cc1. The van der Waals surface area contributed by atoms with E-state index in [4.69, 9.17) is 0 Å². The Morgan fingerprint density at radius 2 is 1.42 bits per heavy atom. The molecule has 3 aromatic rings. The van der Waals surface area contributed by atoms with E-state index in [1.807, 2.05) is 0 Å². The highest BCUT2D eigenvalue weighted by molar-refractivity contribution is 7.92. The summed E-state index contributed by atoms with van der Waals surface area (Å²) in [6.07, 6.45) is 0. The molecular formula is C21H17F2N3O4S. The second kappa shape index (κ2) is 9.35. The second-order valence-electron chi connectivity index (χ2n) is 6.35. The first-order chi connectivity index (χ1) is 14.7. The Hall–Kier alpha value is -3.79. The van der Waals surface area contributed by atoms with Crippen molar-refractivity contribution < 1.29 is 26.8 Å². The van der Waals surface area contributed by atoms with Gasteiger partial charge in [-0.25, -0.2) is 17.2 Å². The summed E-state index contributed by atoms with van der Waals surface area (Å²) >= 11 is 0. The molecule has 0 saturated carbocycles. The molecule has 7 nitrogen and oxygen atoms in total. The summed E-state index contributed by atoms with van der Waals surface area (Å²) in [5.41, 5.74) is 0.415. The van der Waals surface area contributed by atoms with Crippen LogP contribution >= 0.6 is 0 Å². The molecule has 0 radical (unpaired) electrons. The van der Waals surface area contributed by atoms with Crippen LogP contribution in [0, 0.1) is 11.6 Å². The number of amides is 2. The van der Waals surface area contributed by atoms with Crippen LogP contribution in [0.5, 0.6) is 0 Å². The van der Waals surface area contributed by atoms with Crippen molar-refractivity contribution in [2.45, 2.75) is 4.90 Å². The normalized spacial score (nSPS) is 10.9. The van der Waals surface area contributed by atoms with Gasteiger partial charge in [0.2, 0.25) is 5.91 Å². The molecule has 2 amide bonds. The second-order valence-corrected chi connectivity index (χ2v) is 8.03. The lowest BCUT2D eigenvalue weighted by molar-refractivity contribution is -0.115. The molecule has 31 heavy (non-hydrogen) atoms. The summed E-state index contributed by atoms with van der Waals surface area (Å²) in [6, 6.07) is 15.5. The van der Waals surface area contributed by atoms with Crippen LogP contribution in [-0.4, -0.2) is 26.8 Å². The van der Waals surface area contributed by atoms with Crippen LogP contribution in [0.1, 0.15) is 10.4 Å². The van der Waals surface area contributed by atoms with Gasteiger partial charge in [0.05, 0.1) is 17.0 Å². The zero-order valence-electron chi connectivity index (χ0n) is 15.9. The summed E-state index contributed by atoms with van der Waals surface area (Å²) < 4.78 is 53.5. The van der Waals surface area contributed by atoms with Crippen LogP contribution in [0.2, 0.25) is 0 Å². The predicted octanol–water partition coefficient (Wildman–Crippen LogP) is 3.13. The maximum Gasteiger partial charge on any atom is 0.261 e. The number of rotatable bonds is 7. The molecule has 3 aromatic carbocycles. The molecule has 0 spiro atoms. The number of halogens is 2. The summed E-state index contributed by atoms with van der Waals surface area (Å²) in [7, 11) is -3.90. The van der Waals surface area contributed by atoms with Crippen molar-refractivity contribution in [2.24, 2.45) is 0 Å². The minimum atomic E-state index is -3.90. The maximum absolute atomic E-state index is 13.6. The number of anilines is 2. The molecule has 0 fully saturated rings. The van der Waals surface area contributed by atoms with Gasteiger partial charge in [0.15, 0.2) is 0 Å². The van der Waals surface area contributed by atoms with Gasteiger partial charge in [0.1, 0.15) is 11.6 Å². The minimum Gasteiger partial charge on any atom is -0.343 e. The lowest BCUT2D eigenvalue weighted by Gasteiger charge is -2.10. The van der Waals surface area contributed by atoms with E-state index < -0.39 is 33.5 Å². The molecule has 0 atom stereocenters. The first-order valence-electron chi connectivity index (χ1n) is 8.95. The number of hydrogen-bond acceptors (Lipinski definition) is 4. The topological polar surface area (TPSA) is 104 Å². The van der Waals surface area contributed by atoms with E-state index in [1.54, 1.807) is 0 Å². The Balaban J connectivity index is 1.55. The molecule has 0 bridgehead atoms. The van der Waals surface area contributed by atoms with Crippen LogP contribution in [0.3, 0.4) is 0 Å². The monoisotopic (exact) mass is 445 g/mol. The Morgan fingerprint density at radius 1 is 0.806 bits per heavy atom. The molecule has 0 unspecified atom stereocenters. The lowest BCUT2D eigenvalue weighted by Crippen LogP contribution is -2.33. The Kier molecular flexibility index (Phi) is 6.61. The third-order valence-electron chi connectivity index (χ3n) is 4.07. The number of carbonyl (C=O) groups excluding carboxylic acids is 2. The van der Waals surface area contributed by atoms with E-state index in [-0.39, 0.29) is 22.7 Å². The molecule has 10 heteroatoms. The Bertz CT molecular complexity index is 1200. The minimum absolute atomic E-state index is 0.100. The fourth-order valence-corrected chi connectivity index (χ4v) is 3.61. The van der Waals surface area contributed by atoms with Crippen LogP contribution in [0.25, 0.3) is 0 Å². The highest BCUT2D eigenvalue weighted by Crippen LogP contribution is 2.18. The van der Waals surface area contributed by atoms with Crippen molar-refractivity contribution in [3.8, 4) is 0 Å². The molecule has 160 valence electrons. The summed E-state index contributed by atoms with van der Waals surface area (Å²) in [5.74, 6) is -2.52. The highest BCUT2D eigenvalue weighted by atomic mass is 32.2. The zero-order valence-corrected chi connectivity index (χ0v) is 16.7. The smallest absolute Gasteiger partial charge is 0.261 e. The number of nitrogens with one attached hydrogen (secondary N) is 3. The van der Waals surface area contributed by atoms with Gasteiger partial charge in [-0.3, -0.25) is 14.3 Å². The number of benzene rings is 3. The number of carbonyl (C=O) groups is 2. The van der Waals surface area contributed by atoms with Crippen LogP contribution < -0.4 is 15.4 Å². The van der Waals surface area contributed by atoms with E-state index in [1.165, 1.54) is 42.5 Å². The maximum atomic E-state index is 13.6. The Labute approximate surface area is 177 Å². The third kappa shape index (κ3) is 5.86. The molecular weight excluding hydrogens is 428 g/mol. The molecule has 3 N–H and O–H groups in total. The molecule has 0 heterocycles.